The number of nitrogens with zero attached hydrogens (tertiary/aromatic N) is 2. The second kappa shape index (κ2) is 7.48. The van der Waals surface area contributed by atoms with Crippen molar-refractivity contribution < 1.29 is 27.2 Å². The van der Waals surface area contributed by atoms with Crippen LogP contribution in [0.4, 0.5) is 18.9 Å². The SMILES string of the molecule is COc1ccccc1NC(=O)c1ccc(Cc2noc(C(F)(F)F)n2)cc1. The first-order valence-electron chi connectivity index (χ1n) is 7.80. The van der Waals surface area contributed by atoms with Crippen molar-refractivity contribution in [3.63, 3.8) is 0 Å². The van der Waals surface area contributed by atoms with Crippen LogP contribution in [0.1, 0.15) is 27.6 Å². The number of carbonyl (C=O) groups excluding carboxylic acids is 1. The molecule has 0 saturated heterocycles. The molecule has 0 aliphatic heterocycles. The molecule has 1 N–H and O–H groups in total. The number of ether oxygens (including phenoxy) is 1. The van der Waals surface area contributed by atoms with E-state index in [2.05, 4.69) is 20.0 Å². The van der Waals surface area contributed by atoms with Gasteiger partial charge in [0.25, 0.3) is 5.91 Å². The zero-order chi connectivity index (χ0) is 19.4. The monoisotopic (exact) mass is 377 g/mol. The molecule has 0 atom stereocenters. The van der Waals surface area contributed by atoms with Crippen LogP contribution in [0.3, 0.4) is 0 Å². The molecule has 0 saturated carbocycles. The molecule has 0 unspecified atom stereocenters. The predicted octanol–water partition coefficient (Wildman–Crippen LogP) is 3.94. The molecule has 9 heteroatoms. The summed E-state index contributed by atoms with van der Waals surface area (Å²) in [6.45, 7) is 0. The highest BCUT2D eigenvalue weighted by Gasteiger charge is 2.38. The highest BCUT2D eigenvalue weighted by molar-refractivity contribution is 6.05. The molecule has 2 aromatic carbocycles. The minimum Gasteiger partial charge on any atom is -0.495 e. The van der Waals surface area contributed by atoms with E-state index in [1.165, 1.54) is 7.11 Å². The summed E-state index contributed by atoms with van der Waals surface area (Å²) in [5, 5.41) is 6.05. The Hall–Kier alpha value is -3.36. The Morgan fingerprint density at radius 2 is 1.85 bits per heavy atom. The maximum Gasteiger partial charge on any atom is 0.471 e. The third kappa shape index (κ3) is 4.43. The molecular formula is C18H14F3N3O3. The fraction of sp³-hybridized carbons (Fsp3) is 0.167. The lowest BCUT2D eigenvalue weighted by molar-refractivity contribution is -0.159. The van der Waals surface area contributed by atoms with Crippen molar-refractivity contribution in [3.8, 4) is 5.75 Å². The molecule has 3 aromatic rings. The van der Waals surface area contributed by atoms with Gasteiger partial charge in [-0.15, -0.1) is 0 Å². The van der Waals surface area contributed by atoms with E-state index in [1.807, 2.05) is 0 Å². The quantitative estimate of drug-likeness (QED) is 0.729. The third-order valence-corrected chi connectivity index (χ3v) is 3.64. The molecule has 6 nitrogen and oxygen atoms in total. The Bertz CT molecular complexity index is 937. The number of carbonyl (C=O) groups is 1. The number of amides is 1. The molecule has 1 amide bonds. The van der Waals surface area contributed by atoms with Crippen LogP contribution in [0.5, 0.6) is 5.75 Å². The maximum atomic E-state index is 12.5. The maximum absolute atomic E-state index is 12.5. The number of nitrogens with one attached hydrogen (secondary N) is 1. The Morgan fingerprint density at radius 1 is 1.15 bits per heavy atom. The Kier molecular flexibility index (Phi) is 5.11. The number of rotatable bonds is 5. The normalized spacial score (nSPS) is 11.3. The largest absolute Gasteiger partial charge is 0.495 e. The summed E-state index contributed by atoms with van der Waals surface area (Å²) < 4.78 is 46.8. The first-order valence-corrected chi connectivity index (χ1v) is 7.80. The fourth-order valence-corrected chi connectivity index (χ4v) is 2.34. The van der Waals surface area contributed by atoms with Crippen molar-refractivity contribution in [2.75, 3.05) is 12.4 Å². The average Bonchev–Trinajstić information content (AvgIpc) is 3.12. The number of hydrogen-bond donors (Lipinski definition) is 1. The summed E-state index contributed by atoms with van der Waals surface area (Å²) in [4.78, 5) is 15.6. The van der Waals surface area contributed by atoms with E-state index >= 15 is 0 Å². The summed E-state index contributed by atoms with van der Waals surface area (Å²) in [6, 6.07) is 13.3. The van der Waals surface area contributed by atoms with E-state index in [9.17, 15) is 18.0 Å². The van der Waals surface area contributed by atoms with Crippen molar-refractivity contribution in [1.29, 1.82) is 0 Å². The van der Waals surface area contributed by atoms with Gasteiger partial charge in [0.1, 0.15) is 5.75 Å². The van der Waals surface area contributed by atoms with E-state index in [0.29, 0.717) is 22.6 Å². The molecule has 0 radical (unpaired) electrons. The Morgan fingerprint density at radius 3 is 2.48 bits per heavy atom. The molecule has 1 aromatic heterocycles. The minimum absolute atomic E-state index is 0.0496. The van der Waals surface area contributed by atoms with Gasteiger partial charge in [-0.05, 0) is 29.8 Å². The van der Waals surface area contributed by atoms with Gasteiger partial charge in [-0.25, -0.2) is 0 Å². The van der Waals surface area contributed by atoms with Crippen LogP contribution in [0.15, 0.2) is 53.1 Å². The first kappa shape index (κ1) is 18.4. The van der Waals surface area contributed by atoms with Gasteiger partial charge in [0.15, 0.2) is 5.82 Å². The number of aromatic nitrogens is 2. The van der Waals surface area contributed by atoms with Gasteiger partial charge in [0.2, 0.25) is 0 Å². The van der Waals surface area contributed by atoms with E-state index in [-0.39, 0.29) is 18.2 Å². The Balaban J connectivity index is 1.68. The van der Waals surface area contributed by atoms with E-state index in [0.717, 1.165) is 0 Å². The predicted molar refractivity (Wildman–Crippen MR) is 89.5 cm³/mol. The van der Waals surface area contributed by atoms with Gasteiger partial charge in [0.05, 0.1) is 12.8 Å². The third-order valence-electron chi connectivity index (χ3n) is 3.64. The van der Waals surface area contributed by atoms with E-state index in [4.69, 9.17) is 4.74 Å². The zero-order valence-electron chi connectivity index (χ0n) is 14.1. The topological polar surface area (TPSA) is 77.2 Å². The van der Waals surface area contributed by atoms with Crippen LogP contribution < -0.4 is 10.1 Å². The number of methoxy groups -OCH3 is 1. The molecule has 27 heavy (non-hydrogen) atoms. The molecular weight excluding hydrogens is 363 g/mol. The summed E-state index contributed by atoms with van der Waals surface area (Å²) in [7, 11) is 1.50. The zero-order valence-corrected chi connectivity index (χ0v) is 14.1. The van der Waals surface area contributed by atoms with E-state index < -0.39 is 12.1 Å². The van der Waals surface area contributed by atoms with Crippen molar-refractivity contribution in [1.82, 2.24) is 10.1 Å². The molecule has 140 valence electrons. The number of benzene rings is 2. The van der Waals surface area contributed by atoms with Crippen LogP contribution in [0.25, 0.3) is 0 Å². The number of alkyl halides is 3. The highest BCUT2D eigenvalue weighted by atomic mass is 19.4. The molecule has 1 heterocycles. The lowest BCUT2D eigenvalue weighted by Crippen LogP contribution is -2.12. The average molecular weight is 377 g/mol. The van der Waals surface area contributed by atoms with Gasteiger partial charge >= 0.3 is 12.1 Å². The minimum atomic E-state index is -4.67. The van der Waals surface area contributed by atoms with Crippen LogP contribution in [0.2, 0.25) is 0 Å². The molecule has 0 bridgehead atoms. The van der Waals surface area contributed by atoms with Crippen molar-refractivity contribution >= 4 is 11.6 Å². The lowest BCUT2D eigenvalue weighted by atomic mass is 10.1. The molecule has 3 rings (SSSR count). The van der Waals surface area contributed by atoms with Crippen molar-refractivity contribution in [3.05, 3.63) is 71.4 Å². The fourth-order valence-electron chi connectivity index (χ4n) is 2.34. The van der Waals surface area contributed by atoms with Gasteiger partial charge in [0, 0.05) is 12.0 Å². The first-order chi connectivity index (χ1) is 12.9. The molecule has 0 fully saturated rings. The van der Waals surface area contributed by atoms with Gasteiger partial charge in [-0.3, -0.25) is 4.79 Å². The van der Waals surface area contributed by atoms with Gasteiger partial charge < -0.3 is 14.6 Å². The molecule has 0 aliphatic carbocycles. The van der Waals surface area contributed by atoms with Crippen LogP contribution in [-0.4, -0.2) is 23.2 Å². The summed E-state index contributed by atoms with van der Waals surface area (Å²) in [5.41, 5.74) is 1.55. The van der Waals surface area contributed by atoms with Crippen molar-refractivity contribution in [2.24, 2.45) is 0 Å². The van der Waals surface area contributed by atoms with Crippen LogP contribution >= 0.6 is 0 Å². The van der Waals surface area contributed by atoms with Gasteiger partial charge in [-0.2, -0.15) is 18.2 Å². The summed E-state index contributed by atoms with van der Waals surface area (Å²) >= 11 is 0. The number of para-hydroxylation sites is 2. The number of halogens is 3. The second-order valence-electron chi connectivity index (χ2n) is 5.54. The smallest absolute Gasteiger partial charge is 0.471 e. The Labute approximate surface area is 152 Å². The number of hydrogen-bond acceptors (Lipinski definition) is 5. The second-order valence-corrected chi connectivity index (χ2v) is 5.54. The number of anilines is 1. The molecule has 0 aliphatic rings. The standard InChI is InChI=1S/C18H14F3N3O3/c1-26-14-5-3-2-4-13(14)22-16(25)12-8-6-11(7-9-12)10-15-23-17(27-24-15)18(19,20)21/h2-9H,10H2,1H3,(H,22,25). The lowest BCUT2D eigenvalue weighted by Gasteiger charge is -2.10. The highest BCUT2D eigenvalue weighted by Crippen LogP contribution is 2.27. The van der Waals surface area contributed by atoms with Gasteiger partial charge in [-0.1, -0.05) is 29.4 Å². The molecule has 0 spiro atoms. The van der Waals surface area contributed by atoms with Crippen LogP contribution in [0, 0.1) is 0 Å². The van der Waals surface area contributed by atoms with Crippen LogP contribution in [-0.2, 0) is 12.6 Å². The summed E-state index contributed by atoms with van der Waals surface area (Å²) in [5.74, 6) is -1.29. The summed E-state index contributed by atoms with van der Waals surface area (Å²) in [6.07, 6.45) is -4.63. The van der Waals surface area contributed by atoms with Crippen molar-refractivity contribution in [2.45, 2.75) is 12.6 Å². The van der Waals surface area contributed by atoms with E-state index in [1.54, 1.807) is 48.5 Å².